The Bertz CT molecular complexity index is 346. The van der Waals surface area contributed by atoms with Gasteiger partial charge >= 0.3 is 0 Å². The number of aromatic amines is 1. The molecular weight excluding hydrogens is 188 g/mol. The van der Waals surface area contributed by atoms with Crippen molar-refractivity contribution in [1.29, 1.82) is 0 Å². The van der Waals surface area contributed by atoms with Gasteiger partial charge in [-0.3, -0.25) is 14.7 Å². The Morgan fingerprint density at radius 2 is 2.29 bits per heavy atom. The summed E-state index contributed by atoms with van der Waals surface area (Å²) in [4.78, 5) is 25.5. The van der Waals surface area contributed by atoms with Gasteiger partial charge in [0.1, 0.15) is 0 Å². The average Bonchev–Trinajstić information content (AvgIpc) is 2.60. The van der Waals surface area contributed by atoms with Crippen molar-refractivity contribution in [3.63, 3.8) is 0 Å². The molecule has 14 heavy (non-hydrogen) atoms. The third-order valence-electron chi connectivity index (χ3n) is 1.41. The zero-order chi connectivity index (χ0) is 10.6. The van der Waals surface area contributed by atoms with Crippen LogP contribution in [-0.4, -0.2) is 40.6 Å². The van der Waals surface area contributed by atoms with E-state index < -0.39 is 5.91 Å². The lowest BCUT2D eigenvalue weighted by molar-refractivity contribution is -0.119. The van der Waals surface area contributed by atoms with E-state index in [0.717, 1.165) is 0 Å². The monoisotopic (exact) mass is 198 g/mol. The molecule has 0 aliphatic carbocycles. The minimum absolute atomic E-state index is 0.0184. The van der Waals surface area contributed by atoms with Crippen LogP contribution in [0, 0.1) is 0 Å². The first kappa shape index (κ1) is 9.96. The molecule has 0 aliphatic rings. The van der Waals surface area contributed by atoms with Gasteiger partial charge in [-0.2, -0.15) is 4.98 Å². The molecule has 5 N–H and O–H groups in total. The summed E-state index contributed by atoms with van der Waals surface area (Å²) in [5, 5.41) is 10.5. The van der Waals surface area contributed by atoms with E-state index in [2.05, 4.69) is 25.8 Å². The molecule has 0 saturated heterocycles. The van der Waals surface area contributed by atoms with Crippen molar-refractivity contribution in [1.82, 2.24) is 25.8 Å². The van der Waals surface area contributed by atoms with Crippen LogP contribution in [0.5, 0.6) is 0 Å². The first-order valence-corrected chi connectivity index (χ1v) is 3.80. The quantitative estimate of drug-likeness (QED) is 0.441. The molecule has 1 heterocycles. The van der Waals surface area contributed by atoms with E-state index in [0.29, 0.717) is 0 Å². The minimum Gasteiger partial charge on any atom is -0.366 e. The summed E-state index contributed by atoms with van der Waals surface area (Å²) in [7, 11) is 1.47. The second kappa shape index (κ2) is 4.21. The number of rotatable bonds is 3. The summed E-state index contributed by atoms with van der Waals surface area (Å²) >= 11 is 0. The molecule has 0 aromatic carbocycles. The Kier molecular flexibility index (Phi) is 3.00. The molecule has 0 radical (unpaired) electrons. The summed E-state index contributed by atoms with van der Waals surface area (Å²) in [6.45, 7) is -0.115. The van der Waals surface area contributed by atoms with Crippen LogP contribution in [0.2, 0.25) is 0 Å². The Hall–Kier alpha value is -2.12. The number of carbonyl (C=O) groups is 2. The first-order valence-electron chi connectivity index (χ1n) is 3.80. The minimum atomic E-state index is -0.530. The number of likely N-dealkylation sites (N-methyl/N-ethyl adjacent to an activating group) is 1. The number of amides is 2. The lowest BCUT2D eigenvalue weighted by Crippen LogP contribution is -2.35. The van der Waals surface area contributed by atoms with Crippen LogP contribution < -0.4 is 16.4 Å². The molecule has 8 nitrogen and oxygen atoms in total. The number of anilines is 1. The molecule has 2 amide bonds. The van der Waals surface area contributed by atoms with Crippen LogP contribution in [0.25, 0.3) is 0 Å². The molecular formula is C6H10N6O2. The lowest BCUT2D eigenvalue weighted by atomic mass is 10.5. The third kappa shape index (κ3) is 2.44. The van der Waals surface area contributed by atoms with E-state index >= 15 is 0 Å². The van der Waals surface area contributed by atoms with Crippen LogP contribution in [0.3, 0.4) is 0 Å². The maximum Gasteiger partial charge on any atom is 0.289 e. The second-order valence-corrected chi connectivity index (χ2v) is 2.40. The number of H-pyrrole nitrogens is 1. The Morgan fingerprint density at radius 1 is 1.57 bits per heavy atom. The van der Waals surface area contributed by atoms with E-state index in [-0.39, 0.29) is 24.2 Å². The Labute approximate surface area is 79.3 Å². The fraction of sp³-hybridized carbons (Fsp3) is 0.333. The van der Waals surface area contributed by atoms with Gasteiger partial charge in [-0.15, -0.1) is 5.10 Å². The number of carbonyl (C=O) groups excluding carboxylic acids is 2. The largest absolute Gasteiger partial charge is 0.366 e. The van der Waals surface area contributed by atoms with Crippen molar-refractivity contribution in [3.8, 4) is 0 Å². The summed E-state index contributed by atoms with van der Waals surface area (Å²) in [6.07, 6.45) is 0. The fourth-order valence-corrected chi connectivity index (χ4v) is 0.709. The number of nitrogens with one attached hydrogen (secondary N) is 3. The highest BCUT2D eigenvalue weighted by atomic mass is 16.2. The summed E-state index contributed by atoms with van der Waals surface area (Å²) < 4.78 is 0. The number of nitrogens with zero attached hydrogens (tertiary/aromatic N) is 2. The van der Waals surface area contributed by atoms with Crippen molar-refractivity contribution in [2.75, 3.05) is 19.3 Å². The van der Waals surface area contributed by atoms with Crippen LogP contribution in [0.15, 0.2) is 0 Å². The van der Waals surface area contributed by atoms with Gasteiger partial charge in [0.25, 0.3) is 5.91 Å². The maximum atomic E-state index is 11.2. The third-order valence-corrected chi connectivity index (χ3v) is 1.41. The summed E-state index contributed by atoms with van der Waals surface area (Å²) in [5.41, 5.74) is 5.19. The van der Waals surface area contributed by atoms with Gasteiger partial charge in [0, 0.05) is 7.05 Å². The highest BCUT2D eigenvalue weighted by Crippen LogP contribution is 1.91. The SMILES string of the molecule is CNC(=O)CNC(=O)c1nc(N)n[nH]1. The Morgan fingerprint density at radius 3 is 2.79 bits per heavy atom. The van der Waals surface area contributed by atoms with E-state index in [1.807, 2.05) is 0 Å². The van der Waals surface area contributed by atoms with E-state index in [4.69, 9.17) is 5.73 Å². The normalized spacial score (nSPS) is 9.50. The van der Waals surface area contributed by atoms with Crippen LogP contribution >= 0.6 is 0 Å². The van der Waals surface area contributed by atoms with Crippen molar-refractivity contribution in [2.45, 2.75) is 0 Å². The fourth-order valence-electron chi connectivity index (χ4n) is 0.709. The van der Waals surface area contributed by atoms with Gasteiger partial charge in [-0.1, -0.05) is 0 Å². The molecule has 8 heteroatoms. The molecule has 0 saturated carbocycles. The number of hydrogen-bond donors (Lipinski definition) is 4. The first-order chi connectivity index (χ1) is 6.63. The molecule has 0 bridgehead atoms. The molecule has 0 unspecified atom stereocenters. The van der Waals surface area contributed by atoms with Crippen molar-refractivity contribution in [3.05, 3.63) is 5.82 Å². The van der Waals surface area contributed by atoms with Crippen LogP contribution in [0.4, 0.5) is 5.95 Å². The van der Waals surface area contributed by atoms with Gasteiger partial charge < -0.3 is 16.4 Å². The predicted octanol–water partition coefficient (Wildman–Crippen LogP) is -2.14. The smallest absolute Gasteiger partial charge is 0.289 e. The molecule has 0 aliphatic heterocycles. The molecule has 76 valence electrons. The van der Waals surface area contributed by atoms with Gasteiger partial charge in [0.2, 0.25) is 17.7 Å². The topological polar surface area (TPSA) is 126 Å². The maximum absolute atomic E-state index is 11.2. The van der Waals surface area contributed by atoms with Gasteiger partial charge in [-0.25, -0.2) is 0 Å². The van der Waals surface area contributed by atoms with E-state index in [1.54, 1.807) is 0 Å². The van der Waals surface area contributed by atoms with E-state index in [1.165, 1.54) is 7.05 Å². The highest BCUT2D eigenvalue weighted by molar-refractivity contribution is 5.93. The average molecular weight is 198 g/mol. The van der Waals surface area contributed by atoms with Crippen molar-refractivity contribution in [2.24, 2.45) is 0 Å². The zero-order valence-electron chi connectivity index (χ0n) is 7.50. The number of nitrogens with two attached hydrogens (primary N) is 1. The zero-order valence-corrected chi connectivity index (χ0v) is 7.50. The van der Waals surface area contributed by atoms with Crippen LogP contribution in [-0.2, 0) is 4.79 Å². The standard InChI is InChI=1S/C6H10N6O2/c1-8-3(13)2-9-5(14)4-10-6(7)12-11-4/h2H2,1H3,(H,8,13)(H,9,14)(H3,7,10,11,12). The van der Waals surface area contributed by atoms with Crippen LogP contribution in [0.1, 0.15) is 10.6 Å². The molecule has 0 fully saturated rings. The molecule has 1 aromatic rings. The molecule has 1 aromatic heterocycles. The predicted molar refractivity (Wildman–Crippen MR) is 47.2 cm³/mol. The number of aromatic nitrogens is 3. The highest BCUT2D eigenvalue weighted by Gasteiger charge is 2.10. The lowest BCUT2D eigenvalue weighted by Gasteiger charge is -2.00. The molecule has 0 spiro atoms. The summed E-state index contributed by atoms with van der Waals surface area (Å²) in [5.74, 6) is -0.870. The number of nitrogen functional groups attached to an aromatic ring is 1. The van der Waals surface area contributed by atoms with Crippen molar-refractivity contribution < 1.29 is 9.59 Å². The van der Waals surface area contributed by atoms with E-state index in [9.17, 15) is 9.59 Å². The van der Waals surface area contributed by atoms with Crippen molar-refractivity contribution >= 4 is 17.8 Å². The summed E-state index contributed by atoms with van der Waals surface area (Å²) in [6, 6.07) is 0. The number of hydrogen-bond acceptors (Lipinski definition) is 5. The molecule has 0 atom stereocenters. The Balaban J connectivity index is 2.47. The molecule has 1 rings (SSSR count). The van der Waals surface area contributed by atoms with Gasteiger partial charge in [0.05, 0.1) is 6.54 Å². The van der Waals surface area contributed by atoms with Gasteiger partial charge in [-0.05, 0) is 0 Å². The second-order valence-electron chi connectivity index (χ2n) is 2.40. The van der Waals surface area contributed by atoms with Gasteiger partial charge in [0.15, 0.2) is 0 Å².